The molecule has 2 nitrogen and oxygen atoms in total. The van der Waals surface area contributed by atoms with Crippen molar-refractivity contribution in [2.24, 2.45) is 11.8 Å². The van der Waals surface area contributed by atoms with Gasteiger partial charge in [-0.15, -0.1) is 0 Å². The largest absolute Gasteiger partial charge is 0.236 e. The fraction of sp³-hybridized carbons (Fsp3) is 0.692. The third-order valence-electron chi connectivity index (χ3n) is 2.21. The lowest BCUT2D eigenvalue weighted by Crippen LogP contribution is -2.06. The number of aromatic nitrogens is 2. The summed E-state index contributed by atoms with van der Waals surface area (Å²) in [6.07, 6.45) is 0.961. The maximum absolute atomic E-state index is 6.18. The zero-order valence-corrected chi connectivity index (χ0v) is 15.1. The molecule has 0 saturated carbocycles. The molecule has 0 radical (unpaired) electrons. The molecule has 0 unspecified atom stereocenters. The van der Waals surface area contributed by atoms with E-state index in [1.807, 2.05) is 11.8 Å². The van der Waals surface area contributed by atoms with E-state index in [9.17, 15) is 0 Å². The minimum absolute atomic E-state index is 0.584. The molecule has 0 spiro atoms. The maximum atomic E-state index is 6.18. The average molecular weight is 399 g/mol. The number of halogens is 2. The summed E-state index contributed by atoms with van der Waals surface area (Å²) in [5, 5.41) is 0.599. The quantitative estimate of drug-likeness (QED) is 0.507. The molecule has 102 valence electrons. The van der Waals surface area contributed by atoms with Crippen LogP contribution in [0.15, 0.2) is 0 Å². The molecule has 1 heterocycles. The summed E-state index contributed by atoms with van der Waals surface area (Å²) in [4.78, 5) is 9.01. The van der Waals surface area contributed by atoms with Gasteiger partial charge in [0.2, 0.25) is 0 Å². The molecule has 0 aliphatic heterocycles. The van der Waals surface area contributed by atoms with Crippen molar-refractivity contribution < 1.29 is 0 Å². The summed E-state index contributed by atoms with van der Waals surface area (Å²) in [5.41, 5.74) is 1.09. The Morgan fingerprint density at radius 3 is 2.39 bits per heavy atom. The van der Waals surface area contributed by atoms with E-state index in [1.54, 1.807) is 0 Å². The molecule has 1 rings (SSSR count). The van der Waals surface area contributed by atoms with Crippen LogP contribution < -0.4 is 0 Å². The van der Waals surface area contributed by atoms with Crippen LogP contribution in [0.4, 0.5) is 0 Å². The van der Waals surface area contributed by atoms with Crippen molar-refractivity contribution >= 4 is 46.0 Å². The second-order valence-corrected chi connectivity index (χ2v) is 7.67. The molecular weight excluding hydrogens is 379 g/mol. The van der Waals surface area contributed by atoms with Crippen molar-refractivity contribution in [1.29, 1.82) is 0 Å². The van der Waals surface area contributed by atoms with E-state index in [2.05, 4.69) is 60.3 Å². The van der Waals surface area contributed by atoms with Crippen LogP contribution >= 0.6 is 46.0 Å². The minimum Gasteiger partial charge on any atom is -0.236 e. The van der Waals surface area contributed by atoms with E-state index in [0.29, 0.717) is 17.0 Å². The average Bonchev–Trinajstić information content (AvgIpc) is 2.24. The first-order chi connectivity index (χ1) is 8.40. The van der Waals surface area contributed by atoms with Gasteiger partial charge in [0.25, 0.3) is 0 Å². The van der Waals surface area contributed by atoms with Gasteiger partial charge in [-0.3, -0.25) is 0 Å². The van der Waals surface area contributed by atoms with Gasteiger partial charge in [0.1, 0.15) is 11.0 Å². The van der Waals surface area contributed by atoms with E-state index in [0.717, 1.165) is 33.0 Å². The number of nitrogens with zero attached hydrogens (tertiary/aromatic N) is 2. The predicted molar refractivity (Wildman–Crippen MR) is 89.3 cm³/mol. The van der Waals surface area contributed by atoms with Crippen LogP contribution in [0.25, 0.3) is 0 Å². The highest BCUT2D eigenvalue weighted by atomic mass is 127. The van der Waals surface area contributed by atoms with Gasteiger partial charge < -0.3 is 0 Å². The normalized spacial score (nSPS) is 11.6. The molecule has 0 N–H and O–H groups in total. The molecule has 0 fully saturated rings. The van der Waals surface area contributed by atoms with Crippen LogP contribution in [0.2, 0.25) is 5.15 Å². The van der Waals surface area contributed by atoms with Crippen LogP contribution in [0.1, 0.15) is 39.2 Å². The van der Waals surface area contributed by atoms with E-state index < -0.39 is 0 Å². The monoisotopic (exact) mass is 398 g/mol. The summed E-state index contributed by atoms with van der Waals surface area (Å²) in [5.74, 6) is 4.12. The van der Waals surface area contributed by atoms with Crippen molar-refractivity contribution in [3.05, 3.63) is 20.2 Å². The van der Waals surface area contributed by atoms with Crippen molar-refractivity contribution in [3.8, 4) is 0 Å². The molecule has 0 saturated heterocycles. The molecule has 0 atom stereocenters. The van der Waals surface area contributed by atoms with Crippen LogP contribution in [0.3, 0.4) is 0 Å². The topological polar surface area (TPSA) is 25.8 Å². The first kappa shape index (κ1) is 16.5. The van der Waals surface area contributed by atoms with Crippen molar-refractivity contribution in [2.45, 2.75) is 39.9 Å². The van der Waals surface area contributed by atoms with E-state index in [4.69, 9.17) is 11.6 Å². The van der Waals surface area contributed by atoms with Crippen molar-refractivity contribution in [2.75, 3.05) is 5.75 Å². The highest BCUT2D eigenvalue weighted by Gasteiger charge is 2.12. The predicted octanol–water partition coefficient (Wildman–Crippen LogP) is 4.82. The zero-order chi connectivity index (χ0) is 13.7. The molecule has 0 amide bonds. The lowest BCUT2D eigenvalue weighted by Gasteiger charge is -2.10. The highest BCUT2D eigenvalue weighted by molar-refractivity contribution is 14.1. The molecule has 1 aromatic rings. The van der Waals surface area contributed by atoms with Gasteiger partial charge in [0.05, 0.1) is 15.0 Å². The third kappa shape index (κ3) is 5.61. The lowest BCUT2D eigenvalue weighted by atomic mass is 10.1. The van der Waals surface area contributed by atoms with Gasteiger partial charge in [-0.05, 0) is 46.6 Å². The Morgan fingerprint density at radius 2 is 1.83 bits per heavy atom. The zero-order valence-electron chi connectivity index (χ0n) is 11.3. The van der Waals surface area contributed by atoms with Gasteiger partial charge >= 0.3 is 0 Å². The van der Waals surface area contributed by atoms with Gasteiger partial charge in [0, 0.05) is 0 Å². The number of thioether (sulfide) groups is 1. The number of rotatable bonds is 6. The summed E-state index contributed by atoms with van der Waals surface area (Å²) < 4.78 is 1.00. The Labute approximate surface area is 133 Å². The van der Waals surface area contributed by atoms with Gasteiger partial charge in [-0.1, -0.05) is 39.3 Å². The Morgan fingerprint density at radius 1 is 1.17 bits per heavy atom. The highest BCUT2D eigenvalue weighted by Crippen LogP contribution is 2.23. The summed E-state index contributed by atoms with van der Waals surface area (Å²) >= 11 is 10.3. The van der Waals surface area contributed by atoms with Gasteiger partial charge in [0.15, 0.2) is 0 Å². The lowest BCUT2D eigenvalue weighted by molar-refractivity contribution is 0.629. The Bertz CT molecular complexity index is 397. The van der Waals surface area contributed by atoms with Crippen molar-refractivity contribution in [3.63, 3.8) is 0 Å². The smallest absolute Gasteiger partial charge is 0.146 e. The van der Waals surface area contributed by atoms with Gasteiger partial charge in [-0.25, -0.2) is 9.97 Å². The van der Waals surface area contributed by atoms with Crippen LogP contribution in [-0.4, -0.2) is 15.7 Å². The van der Waals surface area contributed by atoms with Crippen LogP contribution in [0.5, 0.6) is 0 Å². The van der Waals surface area contributed by atoms with E-state index in [1.165, 1.54) is 0 Å². The molecule has 0 aromatic carbocycles. The number of hydrogen-bond donors (Lipinski definition) is 0. The number of hydrogen-bond acceptors (Lipinski definition) is 3. The van der Waals surface area contributed by atoms with Crippen LogP contribution in [0, 0.1) is 15.4 Å². The summed E-state index contributed by atoms with van der Waals surface area (Å²) in [6.45, 7) is 8.83. The maximum Gasteiger partial charge on any atom is 0.146 e. The van der Waals surface area contributed by atoms with Crippen LogP contribution in [-0.2, 0) is 12.2 Å². The summed E-state index contributed by atoms with van der Waals surface area (Å²) in [7, 11) is 0. The molecule has 0 aliphatic carbocycles. The van der Waals surface area contributed by atoms with E-state index in [-0.39, 0.29) is 0 Å². The SMILES string of the molecule is CC(C)CSCc1nc(Cl)c(I)c(CC(C)C)n1. The second kappa shape index (κ2) is 7.90. The Balaban J connectivity index is 2.77. The first-order valence-electron chi connectivity index (χ1n) is 6.18. The first-order valence-corrected chi connectivity index (χ1v) is 8.79. The molecule has 0 aliphatic rings. The Hall–Kier alpha value is 0.450. The second-order valence-electron chi connectivity index (χ2n) is 5.20. The van der Waals surface area contributed by atoms with E-state index >= 15 is 0 Å². The molecule has 1 aromatic heterocycles. The van der Waals surface area contributed by atoms with Crippen molar-refractivity contribution in [1.82, 2.24) is 9.97 Å². The molecule has 18 heavy (non-hydrogen) atoms. The molecule has 5 heteroatoms. The van der Waals surface area contributed by atoms with Gasteiger partial charge in [-0.2, -0.15) is 11.8 Å². The molecular formula is C13H20ClIN2S. The molecule has 0 bridgehead atoms. The summed E-state index contributed by atoms with van der Waals surface area (Å²) in [6, 6.07) is 0. The fourth-order valence-corrected chi connectivity index (χ4v) is 3.05. The fourth-order valence-electron chi connectivity index (χ4n) is 1.48. The Kier molecular flexibility index (Phi) is 7.24. The minimum atomic E-state index is 0.584. The third-order valence-corrected chi connectivity index (χ3v) is 5.30. The standard InChI is InChI=1S/C13H20ClIN2S/c1-8(2)5-10-12(15)13(14)17-11(16-10)7-18-6-9(3)4/h8-9H,5-7H2,1-4H3.